The first-order chi connectivity index (χ1) is 9.17. The smallest absolute Gasteiger partial charge is 0.259 e. The molecule has 0 saturated carbocycles. The minimum atomic E-state index is -0.254. The zero-order valence-electron chi connectivity index (χ0n) is 11.2. The molecule has 5 nitrogen and oxygen atoms in total. The Morgan fingerprint density at radius 3 is 2.26 bits per heavy atom. The number of methoxy groups -OCH3 is 3. The lowest BCUT2D eigenvalue weighted by molar-refractivity contribution is 0.0901. The van der Waals surface area contributed by atoms with Gasteiger partial charge in [-0.15, -0.1) is 0 Å². The molecule has 0 saturated heterocycles. The van der Waals surface area contributed by atoms with Crippen molar-refractivity contribution in [3.8, 4) is 11.5 Å². The number of alkyl halides is 1. The second-order valence-electron chi connectivity index (χ2n) is 3.82. The summed E-state index contributed by atoms with van der Waals surface area (Å²) in [7, 11) is 4.62. The first kappa shape index (κ1) is 15.8. The van der Waals surface area contributed by atoms with E-state index in [1.807, 2.05) is 0 Å². The van der Waals surface area contributed by atoms with Crippen molar-refractivity contribution in [2.75, 3.05) is 33.3 Å². The molecular weight excluding hydrogens is 314 g/mol. The molecule has 1 N–H and O–H groups in total. The third-order valence-corrected chi connectivity index (χ3v) is 3.33. The lowest BCUT2D eigenvalue weighted by atomic mass is 10.1. The molecule has 1 unspecified atom stereocenters. The lowest BCUT2D eigenvalue weighted by Crippen LogP contribution is -2.39. The van der Waals surface area contributed by atoms with Gasteiger partial charge in [-0.2, -0.15) is 0 Å². The van der Waals surface area contributed by atoms with Crippen LogP contribution in [0.25, 0.3) is 0 Å². The fourth-order valence-corrected chi connectivity index (χ4v) is 2.01. The summed E-state index contributed by atoms with van der Waals surface area (Å²) in [5.74, 6) is 0.695. The SMILES string of the molecule is COCC(CBr)NC(=O)c1c(OC)cccc1OC. The topological polar surface area (TPSA) is 56.8 Å². The largest absolute Gasteiger partial charge is 0.496 e. The minimum Gasteiger partial charge on any atom is -0.496 e. The molecule has 0 aliphatic carbocycles. The van der Waals surface area contributed by atoms with E-state index in [2.05, 4.69) is 21.2 Å². The van der Waals surface area contributed by atoms with Crippen molar-refractivity contribution in [3.63, 3.8) is 0 Å². The van der Waals surface area contributed by atoms with Crippen molar-refractivity contribution in [1.82, 2.24) is 5.32 Å². The van der Waals surface area contributed by atoms with E-state index in [1.54, 1.807) is 25.3 Å². The van der Waals surface area contributed by atoms with Gasteiger partial charge in [0.05, 0.1) is 26.9 Å². The van der Waals surface area contributed by atoms with E-state index in [1.165, 1.54) is 14.2 Å². The highest BCUT2D eigenvalue weighted by Crippen LogP contribution is 2.28. The highest BCUT2D eigenvalue weighted by molar-refractivity contribution is 9.09. The van der Waals surface area contributed by atoms with Crippen molar-refractivity contribution < 1.29 is 19.0 Å². The predicted molar refractivity (Wildman–Crippen MR) is 76.5 cm³/mol. The zero-order valence-corrected chi connectivity index (χ0v) is 12.8. The molecule has 0 fully saturated rings. The van der Waals surface area contributed by atoms with Crippen molar-refractivity contribution >= 4 is 21.8 Å². The van der Waals surface area contributed by atoms with Gasteiger partial charge in [-0.3, -0.25) is 4.79 Å². The molecule has 1 aromatic rings. The molecule has 0 radical (unpaired) electrons. The first-order valence-corrected chi connectivity index (χ1v) is 6.86. The van der Waals surface area contributed by atoms with E-state index < -0.39 is 0 Å². The Morgan fingerprint density at radius 2 is 1.84 bits per heavy atom. The third-order valence-electron chi connectivity index (χ3n) is 2.54. The monoisotopic (exact) mass is 331 g/mol. The van der Waals surface area contributed by atoms with E-state index in [0.717, 1.165) is 0 Å². The Hall–Kier alpha value is -1.27. The van der Waals surface area contributed by atoms with Gasteiger partial charge in [-0.1, -0.05) is 22.0 Å². The molecule has 106 valence electrons. The average molecular weight is 332 g/mol. The molecule has 0 heterocycles. The predicted octanol–water partition coefficient (Wildman–Crippen LogP) is 1.84. The van der Waals surface area contributed by atoms with Crippen LogP contribution in [0.1, 0.15) is 10.4 Å². The van der Waals surface area contributed by atoms with Gasteiger partial charge >= 0.3 is 0 Å². The quantitative estimate of drug-likeness (QED) is 0.774. The van der Waals surface area contributed by atoms with Gasteiger partial charge in [-0.25, -0.2) is 0 Å². The van der Waals surface area contributed by atoms with Crippen LogP contribution in [0.15, 0.2) is 18.2 Å². The van der Waals surface area contributed by atoms with Gasteiger partial charge < -0.3 is 19.5 Å². The molecule has 1 atom stereocenters. The van der Waals surface area contributed by atoms with E-state index in [-0.39, 0.29) is 11.9 Å². The summed E-state index contributed by atoms with van der Waals surface area (Å²) in [5.41, 5.74) is 0.384. The van der Waals surface area contributed by atoms with Gasteiger partial charge in [0.15, 0.2) is 0 Å². The van der Waals surface area contributed by atoms with Crippen LogP contribution in [0.2, 0.25) is 0 Å². The van der Waals surface area contributed by atoms with Crippen molar-refractivity contribution in [2.24, 2.45) is 0 Å². The summed E-state index contributed by atoms with van der Waals surface area (Å²) < 4.78 is 15.4. The summed E-state index contributed by atoms with van der Waals surface area (Å²) >= 11 is 3.33. The zero-order chi connectivity index (χ0) is 14.3. The number of ether oxygens (including phenoxy) is 3. The van der Waals surface area contributed by atoms with E-state index >= 15 is 0 Å². The number of nitrogens with one attached hydrogen (secondary N) is 1. The van der Waals surface area contributed by atoms with E-state index in [9.17, 15) is 4.79 Å². The number of rotatable bonds is 7. The van der Waals surface area contributed by atoms with Gasteiger partial charge in [0.25, 0.3) is 5.91 Å². The Balaban J connectivity index is 2.97. The van der Waals surface area contributed by atoms with Crippen molar-refractivity contribution in [2.45, 2.75) is 6.04 Å². The van der Waals surface area contributed by atoms with Crippen LogP contribution < -0.4 is 14.8 Å². The second-order valence-corrected chi connectivity index (χ2v) is 4.47. The molecule has 1 rings (SSSR count). The van der Waals surface area contributed by atoms with Gasteiger partial charge in [0.1, 0.15) is 17.1 Å². The van der Waals surface area contributed by atoms with Crippen molar-refractivity contribution in [1.29, 1.82) is 0 Å². The van der Waals surface area contributed by atoms with E-state index in [0.29, 0.717) is 29.0 Å². The van der Waals surface area contributed by atoms with E-state index in [4.69, 9.17) is 14.2 Å². The molecule has 0 spiro atoms. The Labute approximate surface area is 121 Å². The summed E-state index contributed by atoms with van der Waals surface area (Å²) in [5, 5.41) is 3.46. The lowest BCUT2D eigenvalue weighted by Gasteiger charge is -2.17. The normalized spacial score (nSPS) is 11.8. The molecule has 1 aromatic carbocycles. The maximum atomic E-state index is 12.3. The number of amides is 1. The number of benzene rings is 1. The van der Waals surface area contributed by atoms with Gasteiger partial charge in [-0.05, 0) is 12.1 Å². The summed E-state index contributed by atoms with van der Waals surface area (Å²) in [6.45, 7) is 0.425. The molecule has 1 amide bonds. The number of carbonyl (C=O) groups excluding carboxylic acids is 1. The second kappa shape index (κ2) is 8.01. The third kappa shape index (κ3) is 4.11. The summed E-state index contributed by atoms with van der Waals surface area (Å²) in [6, 6.07) is 5.09. The molecule has 0 bridgehead atoms. The molecule has 6 heteroatoms. The summed E-state index contributed by atoms with van der Waals surface area (Å²) in [4.78, 5) is 12.3. The van der Waals surface area contributed by atoms with Crippen LogP contribution in [-0.2, 0) is 4.74 Å². The number of halogens is 1. The maximum Gasteiger partial charge on any atom is 0.259 e. The highest BCUT2D eigenvalue weighted by atomic mass is 79.9. The van der Waals surface area contributed by atoms with Crippen molar-refractivity contribution in [3.05, 3.63) is 23.8 Å². The Bertz CT molecular complexity index is 403. The van der Waals surface area contributed by atoms with Gasteiger partial charge in [0, 0.05) is 12.4 Å². The van der Waals surface area contributed by atoms with Crippen LogP contribution in [0.4, 0.5) is 0 Å². The van der Waals surface area contributed by atoms with Crippen LogP contribution >= 0.6 is 15.9 Å². The van der Waals surface area contributed by atoms with Crippen LogP contribution in [0.3, 0.4) is 0 Å². The number of carbonyl (C=O) groups is 1. The maximum absolute atomic E-state index is 12.3. The molecule has 19 heavy (non-hydrogen) atoms. The Kier molecular flexibility index (Phi) is 6.66. The standard InChI is InChI=1S/C13H18BrNO4/c1-17-8-9(7-14)15-13(16)12-10(18-2)5-4-6-11(12)19-3/h4-6,9H,7-8H2,1-3H3,(H,15,16). The Morgan fingerprint density at radius 1 is 1.26 bits per heavy atom. The molecule has 0 aromatic heterocycles. The van der Waals surface area contributed by atoms with Crippen LogP contribution in [0, 0.1) is 0 Å². The number of hydrogen-bond acceptors (Lipinski definition) is 4. The highest BCUT2D eigenvalue weighted by Gasteiger charge is 2.20. The molecule has 0 aliphatic rings. The minimum absolute atomic E-state index is 0.118. The number of hydrogen-bond donors (Lipinski definition) is 1. The summed E-state index contributed by atoms with van der Waals surface area (Å²) in [6.07, 6.45) is 0. The molecular formula is C13H18BrNO4. The van der Waals surface area contributed by atoms with Gasteiger partial charge in [0.2, 0.25) is 0 Å². The first-order valence-electron chi connectivity index (χ1n) is 5.74. The average Bonchev–Trinajstić information content (AvgIpc) is 2.45. The fourth-order valence-electron chi connectivity index (χ4n) is 1.66. The van der Waals surface area contributed by atoms with Crippen LogP contribution in [-0.4, -0.2) is 45.2 Å². The van der Waals surface area contributed by atoms with Crippen LogP contribution in [0.5, 0.6) is 11.5 Å². The fraction of sp³-hybridized carbons (Fsp3) is 0.462. The molecule has 0 aliphatic heterocycles.